The fourth-order valence-electron chi connectivity index (χ4n) is 2.62. The van der Waals surface area contributed by atoms with Crippen LogP contribution in [0.4, 0.5) is 10.5 Å². The molecule has 0 spiro atoms. The lowest BCUT2D eigenvalue weighted by molar-refractivity contribution is 0.0958. The number of benzene rings is 2. The predicted octanol–water partition coefficient (Wildman–Crippen LogP) is 3.86. The van der Waals surface area contributed by atoms with Crippen molar-refractivity contribution < 1.29 is 14.3 Å². The van der Waals surface area contributed by atoms with Crippen molar-refractivity contribution in [2.24, 2.45) is 0 Å². The number of amides is 3. The minimum atomic E-state index is -0.277. The van der Waals surface area contributed by atoms with Gasteiger partial charge in [-0.1, -0.05) is 24.3 Å². The second-order valence-corrected chi connectivity index (χ2v) is 6.38. The number of urea groups is 1. The molecule has 2 aromatic carbocycles. The van der Waals surface area contributed by atoms with Gasteiger partial charge in [-0.2, -0.15) is 0 Å². The maximum absolute atomic E-state index is 12.0. The Morgan fingerprint density at radius 1 is 1.00 bits per heavy atom. The highest BCUT2D eigenvalue weighted by Gasteiger charge is 2.07. The molecule has 0 fully saturated rings. The number of aromatic nitrogens is 1. The van der Waals surface area contributed by atoms with E-state index in [9.17, 15) is 9.59 Å². The number of nitrogens with one attached hydrogen (secondary N) is 3. The average Bonchev–Trinajstić information content (AvgIpc) is 2.73. The quantitative estimate of drug-likeness (QED) is 0.596. The van der Waals surface area contributed by atoms with Gasteiger partial charge in [0, 0.05) is 31.5 Å². The Balaban J connectivity index is 1.53. The molecule has 0 aliphatic rings. The molecule has 3 N–H and O–H groups in total. The van der Waals surface area contributed by atoms with E-state index in [0.29, 0.717) is 18.0 Å². The summed E-state index contributed by atoms with van der Waals surface area (Å²) < 4.78 is 5.76. The highest BCUT2D eigenvalue weighted by atomic mass is 16.5. The van der Waals surface area contributed by atoms with Crippen LogP contribution in [0.3, 0.4) is 0 Å². The molecule has 7 heteroatoms. The third kappa shape index (κ3) is 5.80. The van der Waals surface area contributed by atoms with Gasteiger partial charge in [0.1, 0.15) is 17.2 Å². The molecule has 0 radical (unpaired) electrons. The summed E-state index contributed by atoms with van der Waals surface area (Å²) in [5.74, 6) is 0.856. The van der Waals surface area contributed by atoms with Gasteiger partial charge in [0.25, 0.3) is 5.91 Å². The zero-order valence-electron chi connectivity index (χ0n) is 16.2. The first kappa shape index (κ1) is 19.9. The second-order valence-electron chi connectivity index (χ2n) is 6.38. The predicted molar refractivity (Wildman–Crippen MR) is 111 cm³/mol. The highest BCUT2D eigenvalue weighted by molar-refractivity contribution is 5.92. The van der Waals surface area contributed by atoms with Crippen LogP contribution in [0.1, 0.15) is 21.6 Å². The molecule has 3 aromatic rings. The first-order valence-corrected chi connectivity index (χ1v) is 9.10. The molecule has 1 heterocycles. The second kappa shape index (κ2) is 9.36. The molecule has 1 aromatic heterocycles. The number of aryl methyl sites for hydroxylation is 1. The van der Waals surface area contributed by atoms with Crippen LogP contribution in [0.15, 0.2) is 66.9 Å². The maximum Gasteiger partial charge on any atom is 0.319 e. The molecule has 0 bridgehead atoms. The Morgan fingerprint density at radius 3 is 2.52 bits per heavy atom. The number of carbonyl (C=O) groups excluding carboxylic acids is 2. The van der Waals surface area contributed by atoms with Crippen molar-refractivity contribution in [3.63, 3.8) is 0 Å². The molecular formula is C22H22N4O3. The normalized spacial score (nSPS) is 10.1. The summed E-state index contributed by atoms with van der Waals surface area (Å²) in [6, 6.07) is 17.9. The van der Waals surface area contributed by atoms with E-state index in [2.05, 4.69) is 20.9 Å². The van der Waals surface area contributed by atoms with Crippen LogP contribution in [-0.4, -0.2) is 24.0 Å². The van der Waals surface area contributed by atoms with Gasteiger partial charge in [0.2, 0.25) is 0 Å². The minimum absolute atomic E-state index is 0.269. The Bertz CT molecular complexity index is 1000. The number of carbonyl (C=O) groups is 2. The van der Waals surface area contributed by atoms with E-state index in [4.69, 9.17) is 4.74 Å². The molecule has 0 unspecified atom stereocenters. The number of hydrogen-bond acceptors (Lipinski definition) is 4. The van der Waals surface area contributed by atoms with E-state index in [1.807, 2.05) is 43.3 Å². The van der Waals surface area contributed by atoms with E-state index in [1.165, 1.54) is 6.20 Å². The lowest BCUT2D eigenvalue weighted by atomic mass is 10.2. The van der Waals surface area contributed by atoms with Crippen LogP contribution in [0, 0.1) is 6.92 Å². The summed E-state index contributed by atoms with van der Waals surface area (Å²) >= 11 is 0. The van der Waals surface area contributed by atoms with Crippen LogP contribution in [0.25, 0.3) is 0 Å². The smallest absolute Gasteiger partial charge is 0.319 e. The van der Waals surface area contributed by atoms with Crippen molar-refractivity contribution in [2.75, 3.05) is 12.4 Å². The Labute approximate surface area is 169 Å². The van der Waals surface area contributed by atoms with E-state index in [1.54, 1.807) is 31.3 Å². The Hall–Kier alpha value is -3.87. The van der Waals surface area contributed by atoms with E-state index in [-0.39, 0.29) is 17.6 Å². The van der Waals surface area contributed by atoms with Crippen LogP contribution in [0.5, 0.6) is 11.5 Å². The van der Waals surface area contributed by atoms with Gasteiger partial charge in [-0.05, 0) is 48.4 Å². The summed E-state index contributed by atoms with van der Waals surface area (Å²) in [6.07, 6.45) is 1.52. The van der Waals surface area contributed by atoms with Gasteiger partial charge >= 0.3 is 6.03 Å². The van der Waals surface area contributed by atoms with Gasteiger partial charge in [0.05, 0.1) is 0 Å². The number of rotatable bonds is 6. The van der Waals surface area contributed by atoms with E-state index in [0.717, 1.165) is 16.8 Å². The summed E-state index contributed by atoms with van der Waals surface area (Å²) in [6.45, 7) is 2.35. The van der Waals surface area contributed by atoms with Crippen LogP contribution in [0.2, 0.25) is 0 Å². The van der Waals surface area contributed by atoms with Gasteiger partial charge < -0.3 is 20.7 Å². The van der Waals surface area contributed by atoms with E-state index < -0.39 is 0 Å². The third-order valence-corrected chi connectivity index (χ3v) is 4.08. The average molecular weight is 390 g/mol. The third-order valence-electron chi connectivity index (χ3n) is 4.08. The van der Waals surface area contributed by atoms with Crippen molar-refractivity contribution in [2.45, 2.75) is 13.5 Å². The molecule has 29 heavy (non-hydrogen) atoms. The molecule has 0 saturated heterocycles. The molecular weight excluding hydrogens is 368 g/mol. The molecule has 0 aliphatic heterocycles. The van der Waals surface area contributed by atoms with Crippen molar-refractivity contribution in [1.82, 2.24) is 15.6 Å². The van der Waals surface area contributed by atoms with Crippen molar-refractivity contribution in [1.29, 1.82) is 0 Å². The topological polar surface area (TPSA) is 92.4 Å². The monoisotopic (exact) mass is 390 g/mol. The van der Waals surface area contributed by atoms with Crippen molar-refractivity contribution in [3.8, 4) is 11.5 Å². The zero-order valence-corrected chi connectivity index (χ0v) is 16.2. The fraction of sp³-hybridized carbons (Fsp3) is 0.136. The molecule has 3 rings (SSSR count). The Kier molecular flexibility index (Phi) is 6.42. The first-order chi connectivity index (χ1) is 14.0. The van der Waals surface area contributed by atoms with Crippen molar-refractivity contribution in [3.05, 3.63) is 83.7 Å². The summed E-state index contributed by atoms with van der Waals surface area (Å²) in [4.78, 5) is 27.7. The highest BCUT2D eigenvalue weighted by Crippen LogP contribution is 2.22. The number of hydrogen-bond donors (Lipinski definition) is 3. The number of ether oxygens (including phenoxy) is 1. The minimum Gasteiger partial charge on any atom is -0.457 e. The van der Waals surface area contributed by atoms with Crippen molar-refractivity contribution >= 4 is 17.6 Å². The summed E-state index contributed by atoms with van der Waals surface area (Å²) in [5.41, 5.74) is 3.04. The zero-order chi connectivity index (χ0) is 20.6. The van der Waals surface area contributed by atoms with Crippen LogP contribution >= 0.6 is 0 Å². The Morgan fingerprint density at radius 2 is 1.79 bits per heavy atom. The lowest BCUT2D eigenvalue weighted by Gasteiger charge is -2.10. The van der Waals surface area contributed by atoms with Crippen LogP contribution < -0.4 is 20.7 Å². The molecule has 0 aliphatic carbocycles. The van der Waals surface area contributed by atoms with Gasteiger partial charge in [-0.3, -0.25) is 9.78 Å². The molecule has 0 saturated carbocycles. The molecule has 0 atom stereocenters. The summed E-state index contributed by atoms with van der Waals surface area (Å²) in [7, 11) is 1.55. The van der Waals surface area contributed by atoms with Gasteiger partial charge in [-0.15, -0.1) is 0 Å². The van der Waals surface area contributed by atoms with Crippen LogP contribution in [-0.2, 0) is 6.54 Å². The standard InChI is InChI=1S/C22H22N4O3/c1-15-4-3-5-17(12-15)26-22(28)25-14-16-6-8-18(9-7-16)29-19-10-11-24-20(13-19)21(27)23-2/h3-13H,14H2,1-2H3,(H,23,27)(H2,25,26,28). The van der Waals surface area contributed by atoms with Gasteiger partial charge in [-0.25, -0.2) is 4.79 Å². The van der Waals surface area contributed by atoms with E-state index >= 15 is 0 Å². The first-order valence-electron chi connectivity index (χ1n) is 9.10. The summed E-state index contributed by atoms with van der Waals surface area (Å²) in [5, 5.41) is 8.15. The lowest BCUT2D eigenvalue weighted by Crippen LogP contribution is -2.28. The molecule has 3 amide bonds. The number of nitrogens with zero attached hydrogens (tertiary/aromatic N) is 1. The fourth-order valence-corrected chi connectivity index (χ4v) is 2.62. The molecule has 148 valence electrons. The number of anilines is 1. The molecule has 7 nitrogen and oxygen atoms in total. The SMILES string of the molecule is CNC(=O)c1cc(Oc2ccc(CNC(=O)Nc3cccc(C)c3)cc2)ccn1. The maximum atomic E-state index is 12.0. The largest absolute Gasteiger partial charge is 0.457 e. The van der Waals surface area contributed by atoms with Gasteiger partial charge in [0.15, 0.2) is 0 Å². The number of pyridine rings is 1.